The first-order valence-corrected chi connectivity index (χ1v) is 10.6. The van der Waals surface area contributed by atoms with Crippen LogP contribution < -0.4 is 0 Å². The number of rotatable bonds is 1. The average Bonchev–Trinajstić information content (AvgIpc) is 2.10. The fraction of sp³-hybridized carbons (Fsp3) is 1.00. The molecular weight excluding hydrogens is 263 g/mol. The molecule has 0 bridgehead atoms. The van der Waals surface area contributed by atoms with Crippen LogP contribution >= 0.6 is 19.8 Å². The van der Waals surface area contributed by atoms with Crippen LogP contribution in [0.3, 0.4) is 0 Å². The Balaban J connectivity index is 2.60. The topological polar surface area (TPSA) is 34.1 Å². The summed E-state index contributed by atoms with van der Waals surface area (Å²) in [5.74, 6) is 0.943. The molecule has 62 valence electrons. The second kappa shape index (κ2) is 2.97. The molecule has 1 atom stereocenters. The molecule has 2 nitrogen and oxygen atoms in total. The van der Waals surface area contributed by atoms with E-state index in [4.69, 9.17) is 0 Å². The summed E-state index contributed by atoms with van der Waals surface area (Å²) >= 11 is -0.839. The first-order valence-electron chi connectivity index (χ1n) is 3.20. The van der Waals surface area contributed by atoms with Gasteiger partial charge in [-0.3, -0.25) is 0 Å². The van der Waals surface area contributed by atoms with Crippen molar-refractivity contribution in [3.63, 3.8) is 0 Å². The maximum absolute atomic E-state index is 11.0. The maximum atomic E-state index is 11.0. The average molecular weight is 276 g/mol. The van der Waals surface area contributed by atoms with E-state index in [0.29, 0.717) is 15.4 Å². The van der Waals surface area contributed by atoms with Crippen molar-refractivity contribution in [1.82, 2.24) is 0 Å². The summed E-state index contributed by atoms with van der Waals surface area (Å²) < 4.78 is 22.5. The molecule has 0 saturated carbocycles. The molecule has 1 unspecified atom stereocenters. The van der Waals surface area contributed by atoms with Crippen LogP contribution in [0.5, 0.6) is 0 Å². The van der Waals surface area contributed by atoms with Crippen molar-refractivity contribution in [2.75, 3.05) is 21.4 Å². The molecule has 0 radical (unpaired) electrons. The van der Waals surface area contributed by atoms with Crippen LogP contribution in [0.1, 0.15) is 6.42 Å². The van der Waals surface area contributed by atoms with Gasteiger partial charge < -0.3 is 0 Å². The number of alkyl halides is 3. The molecule has 0 aromatic rings. The zero-order valence-electron chi connectivity index (χ0n) is 6.30. The monoisotopic (exact) mass is 276 g/mol. The van der Waals surface area contributed by atoms with Crippen LogP contribution in [-0.2, 0) is 9.84 Å². The second-order valence-electron chi connectivity index (χ2n) is 2.81. The number of hydrogen-bond donors (Lipinski definition) is 0. The minimum atomic E-state index is -2.60. The van der Waals surface area contributed by atoms with Crippen molar-refractivity contribution in [2.45, 2.75) is 10.3 Å². The number of halogens is 1. The summed E-state index contributed by atoms with van der Waals surface area (Å²) in [4.78, 5) is 4.49. The van der Waals surface area contributed by atoms with Gasteiger partial charge in [0.25, 0.3) is 0 Å². The zero-order chi connectivity index (χ0) is 7.78. The van der Waals surface area contributed by atoms with E-state index in [2.05, 4.69) is 9.86 Å². The molecular formula is C6H13IO2S. The Bertz CT molecular complexity index is 208. The Morgan fingerprint density at radius 1 is 1.40 bits per heavy atom. The molecule has 10 heavy (non-hydrogen) atoms. The summed E-state index contributed by atoms with van der Waals surface area (Å²) in [6.07, 6.45) is 0.945. The van der Waals surface area contributed by atoms with E-state index >= 15 is 0 Å². The Labute approximate surface area is 69.7 Å². The molecule has 1 fully saturated rings. The van der Waals surface area contributed by atoms with Crippen molar-refractivity contribution in [3.05, 3.63) is 0 Å². The standard InChI is InChI=1S/C6H13IO2S/c1-7(2)6-3-4-10(8,9)5-6/h6H,3-5H2,1-2H3. The van der Waals surface area contributed by atoms with Gasteiger partial charge in [-0.25, -0.2) is 0 Å². The molecule has 4 heteroatoms. The van der Waals surface area contributed by atoms with Gasteiger partial charge in [-0.05, 0) is 0 Å². The fourth-order valence-electron chi connectivity index (χ4n) is 1.09. The molecule has 1 aliphatic heterocycles. The first kappa shape index (κ1) is 8.77. The quantitative estimate of drug-likeness (QED) is 0.527. The minimum absolute atomic E-state index is 0.452. The summed E-state index contributed by atoms with van der Waals surface area (Å²) in [5.41, 5.74) is 0. The van der Waals surface area contributed by atoms with E-state index in [1.54, 1.807) is 0 Å². The van der Waals surface area contributed by atoms with Gasteiger partial charge >= 0.3 is 69.8 Å². The third kappa shape index (κ3) is 2.08. The normalized spacial score (nSPS) is 32.2. The fourth-order valence-corrected chi connectivity index (χ4v) is 8.65. The van der Waals surface area contributed by atoms with Gasteiger partial charge in [0.1, 0.15) is 0 Å². The van der Waals surface area contributed by atoms with Gasteiger partial charge in [-0.1, -0.05) is 0 Å². The van der Waals surface area contributed by atoms with Gasteiger partial charge in [-0.2, -0.15) is 0 Å². The third-order valence-electron chi connectivity index (χ3n) is 1.79. The van der Waals surface area contributed by atoms with E-state index < -0.39 is 29.7 Å². The van der Waals surface area contributed by atoms with E-state index in [1.165, 1.54) is 0 Å². The molecule has 0 aliphatic carbocycles. The molecule has 1 saturated heterocycles. The van der Waals surface area contributed by atoms with Gasteiger partial charge in [0.15, 0.2) is 0 Å². The van der Waals surface area contributed by atoms with Crippen molar-refractivity contribution >= 4 is 29.7 Å². The molecule has 0 amide bonds. The van der Waals surface area contributed by atoms with E-state index in [1.807, 2.05) is 0 Å². The molecule has 1 heterocycles. The van der Waals surface area contributed by atoms with E-state index in [9.17, 15) is 8.42 Å². The number of sulfone groups is 1. The zero-order valence-corrected chi connectivity index (χ0v) is 9.28. The summed E-state index contributed by atoms with van der Waals surface area (Å²) in [6, 6.07) is 0. The number of hydrogen-bond acceptors (Lipinski definition) is 2. The summed E-state index contributed by atoms with van der Waals surface area (Å²) in [5, 5.41) is 0. The Hall–Kier alpha value is 0.680. The Kier molecular flexibility index (Phi) is 2.60. The van der Waals surface area contributed by atoms with Crippen molar-refractivity contribution in [2.24, 2.45) is 0 Å². The van der Waals surface area contributed by atoms with Crippen LogP contribution in [0, 0.1) is 0 Å². The molecule has 0 aromatic heterocycles. The van der Waals surface area contributed by atoms with E-state index in [0.717, 1.165) is 6.42 Å². The van der Waals surface area contributed by atoms with Crippen LogP contribution in [0.25, 0.3) is 0 Å². The van der Waals surface area contributed by atoms with Crippen LogP contribution in [0.2, 0.25) is 0 Å². The van der Waals surface area contributed by atoms with Crippen LogP contribution in [-0.4, -0.2) is 33.7 Å². The molecule has 0 spiro atoms. The Morgan fingerprint density at radius 3 is 2.20 bits per heavy atom. The molecule has 0 N–H and O–H groups in total. The molecule has 1 aliphatic rings. The predicted octanol–water partition coefficient (Wildman–Crippen LogP) is 0.940. The third-order valence-corrected chi connectivity index (χ3v) is 8.75. The van der Waals surface area contributed by atoms with E-state index in [-0.39, 0.29) is 0 Å². The summed E-state index contributed by atoms with van der Waals surface area (Å²) in [7, 11) is -2.60. The molecule has 0 aromatic carbocycles. The summed E-state index contributed by atoms with van der Waals surface area (Å²) in [6.45, 7) is 0. The predicted molar refractivity (Wildman–Crippen MR) is 52.9 cm³/mol. The van der Waals surface area contributed by atoms with Crippen molar-refractivity contribution < 1.29 is 8.42 Å². The molecule has 1 rings (SSSR count). The SMILES string of the molecule is CI(C)C1CCS(=O)(=O)C1. The first-order chi connectivity index (χ1) is 4.51. The van der Waals surface area contributed by atoms with Gasteiger partial charge in [0.05, 0.1) is 0 Å². The van der Waals surface area contributed by atoms with Gasteiger partial charge in [-0.15, -0.1) is 0 Å². The van der Waals surface area contributed by atoms with Crippen LogP contribution in [0.15, 0.2) is 0 Å². The van der Waals surface area contributed by atoms with Gasteiger partial charge in [0.2, 0.25) is 0 Å². The Morgan fingerprint density at radius 2 is 2.00 bits per heavy atom. The van der Waals surface area contributed by atoms with Gasteiger partial charge in [0, 0.05) is 0 Å². The van der Waals surface area contributed by atoms with Crippen LogP contribution in [0.4, 0.5) is 0 Å². The van der Waals surface area contributed by atoms with Crippen molar-refractivity contribution in [3.8, 4) is 0 Å². The van der Waals surface area contributed by atoms with Crippen molar-refractivity contribution in [1.29, 1.82) is 0 Å². The second-order valence-corrected chi connectivity index (χ2v) is 11.5.